The van der Waals surface area contributed by atoms with Crippen molar-refractivity contribution in [1.82, 2.24) is 5.32 Å². The zero-order valence-corrected chi connectivity index (χ0v) is 12.1. The van der Waals surface area contributed by atoms with E-state index in [2.05, 4.69) is 27.3 Å². The predicted molar refractivity (Wildman–Crippen MR) is 70.7 cm³/mol. The first kappa shape index (κ1) is 13.4. The summed E-state index contributed by atoms with van der Waals surface area (Å²) in [5.41, 5.74) is 0. The molecule has 17 heavy (non-hydrogen) atoms. The molecule has 0 bridgehead atoms. The largest absolute Gasteiger partial charge is 0.312 e. The molecule has 5 heteroatoms. The molecule has 0 amide bonds. The molecule has 0 spiro atoms. The van der Waals surface area contributed by atoms with Crippen LogP contribution in [0.3, 0.4) is 0 Å². The van der Waals surface area contributed by atoms with Crippen LogP contribution in [0, 0.1) is 5.92 Å². The lowest BCUT2D eigenvalue weighted by Crippen LogP contribution is -2.19. The first-order valence-electron chi connectivity index (χ1n) is 5.80. The lowest BCUT2D eigenvalue weighted by molar-refractivity contribution is 0.00435. The summed E-state index contributed by atoms with van der Waals surface area (Å²) in [6.07, 6.45) is 1.57. The van der Waals surface area contributed by atoms with Crippen molar-refractivity contribution in [3.05, 3.63) is 20.8 Å². The third-order valence-corrected chi connectivity index (χ3v) is 5.10. The van der Waals surface area contributed by atoms with Crippen molar-refractivity contribution in [3.63, 3.8) is 0 Å². The maximum Gasteiger partial charge on any atom is 0.248 e. The normalized spacial score (nSPS) is 25.1. The van der Waals surface area contributed by atoms with Crippen LogP contribution in [0.1, 0.15) is 36.6 Å². The van der Waals surface area contributed by atoms with Crippen molar-refractivity contribution >= 4 is 27.3 Å². The molecule has 1 heterocycles. The van der Waals surface area contributed by atoms with E-state index in [-0.39, 0.29) is 24.8 Å². The maximum atomic E-state index is 13.1. The summed E-state index contributed by atoms with van der Waals surface area (Å²) < 4.78 is 27.3. The van der Waals surface area contributed by atoms with Gasteiger partial charge in [-0.1, -0.05) is 0 Å². The second-order valence-corrected chi connectivity index (χ2v) is 7.18. The van der Waals surface area contributed by atoms with E-state index in [1.165, 1.54) is 4.88 Å². The molecule has 1 aromatic rings. The van der Waals surface area contributed by atoms with Crippen molar-refractivity contribution < 1.29 is 8.78 Å². The fraction of sp³-hybridized carbons (Fsp3) is 0.667. The highest BCUT2D eigenvalue weighted by Gasteiger charge is 2.40. The van der Waals surface area contributed by atoms with Crippen LogP contribution in [0.15, 0.2) is 15.9 Å². The van der Waals surface area contributed by atoms with Gasteiger partial charge in [-0.2, -0.15) is 0 Å². The fourth-order valence-electron chi connectivity index (χ4n) is 2.47. The van der Waals surface area contributed by atoms with Gasteiger partial charge in [0.25, 0.3) is 0 Å². The van der Waals surface area contributed by atoms with Gasteiger partial charge in [0.05, 0.1) is 3.79 Å². The Balaban J connectivity index is 1.97. The van der Waals surface area contributed by atoms with Gasteiger partial charge in [0.1, 0.15) is 0 Å². The highest BCUT2D eigenvalue weighted by molar-refractivity contribution is 9.11. The molecule has 1 nitrogen and oxygen atoms in total. The Labute approximate surface area is 113 Å². The molecular weight excluding hydrogens is 308 g/mol. The summed E-state index contributed by atoms with van der Waals surface area (Å²) in [7, 11) is 1.89. The lowest BCUT2D eigenvalue weighted by atomic mass is 9.97. The standard InChI is InChI=1S/C12H16BrF2NS/c1-16-9(10-2-3-11(13)17-10)6-8-4-5-12(14,15)7-8/h2-3,8-9,16H,4-7H2,1H3. The average Bonchev–Trinajstić information content (AvgIpc) is 2.81. The van der Waals surface area contributed by atoms with Gasteiger partial charge in [0.2, 0.25) is 5.92 Å². The quantitative estimate of drug-likeness (QED) is 0.854. The third-order valence-electron chi connectivity index (χ3n) is 3.36. The molecule has 1 aliphatic rings. The molecular formula is C12H16BrF2NS. The van der Waals surface area contributed by atoms with Gasteiger partial charge in [-0.3, -0.25) is 0 Å². The average molecular weight is 324 g/mol. The smallest absolute Gasteiger partial charge is 0.248 e. The summed E-state index contributed by atoms with van der Waals surface area (Å²) in [5.74, 6) is -2.29. The van der Waals surface area contributed by atoms with Crippen LogP contribution in [0.4, 0.5) is 8.78 Å². The van der Waals surface area contributed by atoms with Crippen LogP contribution in [-0.2, 0) is 0 Å². The second kappa shape index (κ2) is 5.33. The summed E-state index contributed by atoms with van der Waals surface area (Å²) in [5, 5.41) is 3.23. The topological polar surface area (TPSA) is 12.0 Å². The van der Waals surface area contributed by atoms with Gasteiger partial charge < -0.3 is 5.32 Å². The second-order valence-electron chi connectivity index (χ2n) is 4.68. The molecule has 1 fully saturated rings. The Bertz CT molecular complexity index is 380. The minimum absolute atomic E-state index is 0.0533. The first-order valence-corrected chi connectivity index (χ1v) is 7.41. The number of alkyl halides is 2. The van der Waals surface area contributed by atoms with E-state index < -0.39 is 5.92 Å². The number of rotatable bonds is 4. The molecule has 1 saturated carbocycles. The Hall–Kier alpha value is -0.0000000000000000833. The molecule has 0 radical (unpaired) electrons. The van der Waals surface area contributed by atoms with Crippen molar-refractivity contribution in [2.45, 2.75) is 37.6 Å². The number of nitrogens with one attached hydrogen (secondary N) is 1. The monoisotopic (exact) mass is 323 g/mol. The molecule has 0 aliphatic heterocycles. The van der Waals surface area contributed by atoms with Crippen LogP contribution in [0.25, 0.3) is 0 Å². The Kier molecular flexibility index (Phi) is 4.21. The summed E-state index contributed by atoms with van der Waals surface area (Å²) in [6.45, 7) is 0. The van der Waals surface area contributed by atoms with Gasteiger partial charge in [-0.15, -0.1) is 11.3 Å². The van der Waals surface area contributed by atoms with Crippen molar-refractivity contribution in [2.75, 3.05) is 7.05 Å². The zero-order valence-electron chi connectivity index (χ0n) is 9.68. The lowest BCUT2D eigenvalue weighted by Gasteiger charge is -2.19. The van der Waals surface area contributed by atoms with Crippen molar-refractivity contribution in [2.24, 2.45) is 5.92 Å². The van der Waals surface area contributed by atoms with Crippen molar-refractivity contribution in [3.8, 4) is 0 Å². The van der Waals surface area contributed by atoms with Crippen LogP contribution >= 0.6 is 27.3 Å². The van der Waals surface area contributed by atoms with Gasteiger partial charge >= 0.3 is 0 Å². The number of halogens is 3. The van der Waals surface area contributed by atoms with Gasteiger partial charge in [0.15, 0.2) is 0 Å². The van der Waals surface area contributed by atoms with E-state index in [0.29, 0.717) is 6.42 Å². The third kappa shape index (κ3) is 3.48. The molecule has 0 saturated heterocycles. The molecule has 96 valence electrons. The minimum Gasteiger partial charge on any atom is -0.312 e. The Morgan fingerprint density at radius 2 is 2.35 bits per heavy atom. The van der Waals surface area contributed by atoms with Gasteiger partial charge in [0, 0.05) is 23.8 Å². The number of hydrogen-bond donors (Lipinski definition) is 1. The molecule has 1 aliphatic carbocycles. The van der Waals surface area contributed by atoms with E-state index in [1.807, 2.05) is 13.1 Å². The number of hydrogen-bond acceptors (Lipinski definition) is 2. The van der Waals surface area contributed by atoms with E-state index in [4.69, 9.17) is 0 Å². The zero-order chi connectivity index (χ0) is 12.5. The van der Waals surface area contributed by atoms with Crippen LogP contribution in [0.2, 0.25) is 0 Å². The van der Waals surface area contributed by atoms with Gasteiger partial charge in [-0.25, -0.2) is 8.78 Å². The molecule has 2 unspecified atom stereocenters. The molecule has 0 aromatic carbocycles. The summed E-state index contributed by atoms with van der Waals surface area (Å²) in [6, 6.07) is 4.27. The molecule has 2 rings (SSSR count). The van der Waals surface area contributed by atoms with E-state index >= 15 is 0 Å². The fourth-order valence-corrected chi connectivity index (χ4v) is 4.01. The van der Waals surface area contributed by atoms with Crippen LogP contribution in [-0.4, -0.2) is 13.0 Å². The molecule has 1 aromatic heterocycles. The maximum absolute atomic E-state index is 13.1. The van der Waals surface area contributed by atoms with Gasteiger partial charge in [-0.05, 0) is 53.9 Å². The summed E-state index contributed by atoms with van der Waals surface area (Å²) in [4.78, 5) is 1.22. The van der Waals surface area contributed by atoms with E-state index in [1.54, 1.807) is 11.3 Å². The van der Waals surface area contributed by atoms with Crippen LogP contribution in [0.5, 0.6) is 0 Å². The van der Waals surface area contributed by atoms with Crippen LogP contribution < -0.4 is 5.32 Å². The predicted octanol–water partition coefficient (Wildman–Crippen LogP) is 4.60. The number of thiophene rings is 1. The highest BCUT2D eigenvalue weighted by Crippen LogP contribution is 2.43. The minimum atomic E-state index is -2.43. The Morgan fingerprint density at radius 3 is 2.82 bits per heavy atom. The van der Waals surface area contributed by atoms with E-state index in [9.17, 15) is 8.78 Å². The van der Waals surface area contributed by atoms with E-state index in [0.717, 1.165) is 10.2 Å². The SMILES string of the molecule is CNC(CC1CCC(F)(F)C1)c1ccc(Br)s1. The Morgan fingerprint density at radius 1 is 1.59 bits per heavy atom. The first-order chi connectivity index (χ1) is 8.00. The molecule has 1 N–H and O–H groups in total. The van der Waals surface area contributed by atoms with Crippen molar-refractivity contribution in [1.29, 1.82) is 0 Å². The molecule has 2 atom stereocenters. The highest BCUT2D eigenvalue weighted by atomic mass is 79.9. The summed E-state index contributed by atoms with van der Waals surface area (Å²) >= 11 is 5.10.